The molecule has 0 radical (unpaired) electrons. The van der Waals surface area contributed by atoms with Gasteiger partial charge in [0, 0.05) is 24.8 Å². The van der Waals surface area contributed by atoms with Crippen molar-refractivity contribution in [2.45, 2.75) is 26.7 Å². The van der Waals surface area contributed by atoms with Gasteiger partial charge in [0.05, 0.1) is 13.2 Å². The summed E-state index contributed by atoms with van der Waals surface area (Å²) in [6, 6.07) is 0. The zero-order chi connectivity index (χ0) is 14.3. The molecule has 108 valence electrons. The highest BCUT2D eigenvalue weighted by molar-refractivity contribution is 5.49. The maximum absolute atomic E-state index is 12.5. The summed E-state index contributed by atoms with van der Waals surface area (Å²) in [4.78, 5) is 9.71. The van der Waals surface area contributed by atoms with Gasteiger partial charge in [-0.05, 0) is 13.3 Å². The van der Waals surface area contributed by atoms with Crippen molar-refractivity contribution in [3.8, 4) is 0 Å². The molecule has 0 amide bonds. The van der Waals surface area contributed by atoms with Crippen molar-refractivity contribution in [1.29, 1.82) is 0 Å². The van der Waals surface area contributed by atoms with E-state index in [1.165, 1.54) is 4.90 Å². The van der Waals surface area contributed by atoms with Gasteiger partial charge in [0.1, 0.15) is 5.82 Å². The van der Waals surface area contributed by atoms with Gasteiger partial charge in [0.15, 0.2) is 0 Å². The number of aryl methyl sites for hydroxylation is 1. The second-order valence-corrected chi connectivity index (χ2v) is 4.19. The Hall–Kier alpha value is -1.50. The van der Waals surface area contributed by atoms with Crippen LogP contribution in [-0.2, 0) is 0 Å². The lowest BCUT2D eigenvalue weighted by atomic mass is 10.3. The number of alkyl halides is 2. The lowest BCUT2D eigenvalue weighted by Crippen LogP contribution is -2.33. The maximum Gasteiger partial charge on any atom is 0.255 e. The first-order valence-corrected chi connectivity index (χ1v) is 6.30. The number of aromatic nitrogens is 2. The molecule has 0 spiro atoms. The number of halogens is 2. The molecule has 0 aliphatic carbocycles. The average Bonchev–Trinajstić information content (AvgIpc) is 2.37. The fourth-order valence-electron chi connectivity index (χ4n) is 1.65. The van der Waals surface area contributed by atoms with Crippen LogP contribution in [0.3, 0.4) is 0 Å². The molecular weight excluding hydrogens is 254 g/mol. The van der Waals surface area contributed by atoms with E-state index in [4.69, 9.17) is 5.11 Å². The normalized spacial score (nSPS) is 10.8. The van der Waals surface area contributed by atoms with E-state index < -0.39 is 13.0 Å². The van der Waals surface area contributed by atoms with E-state index in [1.807, 2.05) is 6.92 Å². The zero-order valence-electron chi connectivity index (χ0n) is 11.2. The molecule has 0 saturated carbocycles. The summed E-state index contributed by atoms with van der Waals surface area (Å²) >= 11 is 0. The van der Waals surface area contributed by atoms with E-state index in [1.54, 1.807) is 13.1 Å². The lowest BCUT2D eigenvalue weighted by molar-refractivity contribution is 0.152. The van der Waals surface area contributed by atoms with Gasteiger partial charge in [0.2, 0.25) is 5.95 Å². The van der Waals surface area contributed by atoms with E-state index in [2.05, 4.69) is 15.3 Å². The molecule has 0 aromatic carbocycles. The summed E-state index contributed by atoms with van der Waals surface area (Å²) < 4.78 is 25.1. The van der Waals surface area contributed by atoms with Crippen molar-refractivity contribution in [3.63, 3.8) is 0 Å². The Labute approximate surface area is 111 Å². The molecule has 0 aliphatic heterocycles. The van der Waals surface area contributed by atoms with Crippen molar-refractivity contribution in [3.05, 3.63) is 11.8 Å². The van der Waals surface area contributed by atoms with E-state index >= 15 is 0 Å². The van der Waals surface area contributed by atoms with Gasteiger partial charge in [0.25, 0.3) is 6.43 Å². The third-order valence-electron chi connectivity index (χ3n) is 2.51. The van der Waals surface area contributed by atoms with Crippen LogP contribution in [-0.4, -0.2) is 47.7 Å². The van der Waals surface area contributed by atoms with Crippen LogP contribution in [0, 0.1) is 6.92 Å². The minimum atomic E-state index is -2.48. The van der Waals surface area contributed by atoms with Gasteiger partial charge in [-0.2, -0.15) is 4.98 Å². The standard InChI is InChI=1S/C12H20F2N4O/c1-3-4-15-12-16-7-9(2)11(17-12)18(5-6-19)8-10(13)14/h7,10,19H,3-6,8H2,1-2H3,(H,15,16,17). The van der Waals surface area contributed by atoms with Gasteiger partial charge in [-0.25, -0.2) is 13.8 Å². The Kier molecular flexibility index (Phi) is 6.41. The highest BCUT2D eigenvalue weighted by Gasteiger charge is 2.16. The SMILES string of the molecule is CCCNc1ncc(C)c(N(CCO)CC(F)F)n1. The summed E-state index contributed by atoms with van der Waals surface area (Å²) in [6.45, 7) is 3.96. The van der Waals surface area contributed by atoms with Crippen molar-refractivity contribution >= 4 is 11.8 Å². The number of anilines is 2. The van der Waals surface area contributed by atoms with Gasteiger partial charge < -0.3 is 15.3 Å². The Balaban J connectivity index is 2.92. The van der Waals surface area contributed by atoms with Gasteiger partial charge in [-0.1, -0.05) is 6.92 Å². The van der Waals surface area contributed by atoms with Gasteiger partial charge >= 0.3 is 0 Å². The predicted molar refractivity (Wildman–Crippen MR) is 70.9 cm³/mol. The van der Waals surface area contributed by atoms with Crippen LogP contribution in [0.2, 0.25) is 0 Å². The number of hydrogen-bond donors (Lipinski definition) is 2. The van der Waals surface area contributed by atoms with Crippen LogP contribution in [0.25, 0.3) is 0 Å². The molecule has 0 saturated heterocycles. The minimum Gasteiger partial charge on any atom is -0.395 e. The Bertz CT molecular complexity index is 390. The van der Waals surface area contributed by atoms with E-state index in [9.17, 15) is 8.78 Å². The fraction of sp³-hybridized carbons (Fsp3) is 0.667. The Morgan fingerprint density at radius 2 is 2.21 bits per heavy atom. The summed E-state index contributed by atoms with van der Waals surface area (Å²) in [5.41, 5.74) is 0.705. The summed E-state index contributed by atoms with van der Waals surface area (Å²) in [5.74, 6) is 0.850. The molecule has 5 nitrogen and oxygen atoms in total. The molecule has 0 unspecified atom stereocenters. The van der Waals surface area contributed by atoms with Crippen LogP contribution < -0.4 is 10.2 Å². The molecule has 2 N–H and O–H groups in total. The second-order valence-electron chi connectivity index (χ2n) is 4.19. The van der Waals surface area contributed by atoms with E-state index in [0.29, 0.717) is 17.3 Å². The molecule has 1 aromatic heterocycles. The molecule has 0 fully saturated rings. The molecule has 7 heteroatoms. The summed E-state index contributed by atoms with van der Waals surface area (Å²) in [6.07, 6.45) is 0.0353. The first-order chi connectivity index (χ1) is 9.08. The van der Waals surface area contributed by atoms with E-state index in [0.717, 1.165) is 13.0 Å². The molecule has 1 heterocycles. The molecule has 19 heavy (non-hydrogen) atoms. The monoisotopic (exact) mass is 274 g/mol. The Morgan fingerprint density at radius 3 is 2.79 bits per heavy atom. The summed E-state index contributed by atoms with van der Waals surface area (Å²) in [5, 5.41) is 12.0. The minimum absolute atomic E-state index is 0.120. The molecule has 1 aromatic rings. The third kappa shape index (κ3) is 4.94. The van der Waals surface area contributed by atoms with Gasteiger partial charge in [-0.15, -0.1) is 0 Å². The number of rotatable bonds is 8. The number of aliphatic hydroxyl groups is 1. The quantitative estimate of drug-likeness (QED) is 0.755. The highest BCUT2D eigenvalue weighted by Crippen LogP contribution is 2.18. The second kappa shape index (κ2) is 7.83. The number of nitrogens with zero attached hydrogens (tertiary/aromatic N) is 3. The van der Waals surface area contributed by atoms with Crippen molar-refractivity contribution in [1.82, 2.24) is 9.97 Å². The topological polar surface area (TPSA) is 61.3 Å². The van der Waals surface area contributed by atoms with Crippen LogP contribution in [0.4, 0.5) is 20.5 Å². The fourth-order valence-corrected chi connectivity index (χ4v) is 1.65. The van der Waals surface area contributed by atoms with Crippen LogP contribution in [0.15, 0.2) is 6.20 Å². The lowest BCUT2D eigenvalue weighted by Gasteiger charge is -2.24. The van der Waals surface area contributed by atoms with Crippen LogP contribution >= 0.6 is 0 Å². The molecule has 1 rings (SSSR count). The highest BCUT2D eigenvalue weighted by atomic mass is 19.3. The van der Waals surface area contributed by atoms with Gasteiger partial charge in [-0.3, -0.25) is 0 Å². The average molecular weight is 274 g/mol. The number of nitrogens with one attached hydrogen (secondary N) is 1. The zero-order valence-corrected chi connectivity index (χ0v) is 11.2. The molecule has 0 bridgehead atoms. The third-order valence-corrected chi connectivity index (χ3v) is 2.51. The number of hydrogen-bond acceptors (Lipinski definition) is 5. The number of aliphatic hydroxyl groups excluding tert-OH is 1. The molecule has 0 aliphatic rings. The maximum atomic E-state index is 12.5. The van der Waals surface area contributed by atoms with E-state index in [-0.39, 0.29) is 13.2 Å². The predicted octanol–water partition coefficient (Wildman–Crippen LogP) is 1.67. The van der Waals surface area contributed by atoms with Crippen molar-refractivity contribution in [2.75, 3.05) is 36.5 Å². The van der Waals surface area contributed by atoms with Crippen molar-refractivity contribution < 1.29 is 13.9 Å². The molecule has 0 atom stereocenters. The molecular formula is C12H20F2N4O. The Morgan fingerprint density at radius 1 is 1.47 bits per heavy atom. The van der Waals surface area contributed by atoms with Crippen LogP contribution in [0.1, 0.15) is 18.9 Å². The first-order valence-electron chi connectivity index (χ1n) is 6.30. The smallest absolute Gasteiger partial charge is 0.255 e. The summed E-state index contributed by atoms with van der Waals surface area (Å²) in [7, 11) is 0. The van der Waals surface area contributed by atoms with Crippen LogP contribution in [0.5, 0.6) is 0 Å². The largest absolute Gasteiger partial charge is 0.395 e. The first kappa shape index (κ1) is 15.6. The van der Waals surface area contributed by atoms with Crippen molar-refractivity contribution in [2.24, 2.45) is 0 Å².